The van der Waals surface area contributed by atoms with Crippen molar-refractivity contribution in [2.45, 2.75) is 58.7 Å². The maximum absolute atomic E-state index is 11.1. The fraction of sp³-hybridized carbons (Fsp3) is 0.562. The van der Waals surface area contributed by atoms with Gasteiger partial charge < -0.3 is 4.80 Å². The van der Waals surface area contributed by atoms with E-state index in [9.17, 15) is 9.59 Å². The van der Waals surface area contributed by atoms with Gasteiger partial charge in [0.25, 0.3) is 0 Å². The van der Waals surface area contributed by atoms with Crippen molar-refractivity contribution in [3.05, 3.63) is 34.4 Å². The molecule has 0 aliphatic heterocycles. The fourth-order valence-corrected chi connectivity index (χ4v) is 2.88. The van der Waals surface area contributed by atoms with Crippen LogP contribution >= 0.6 is 0 Å². The quantitative estimate of drug-likeness (QED) is 0.655. The lowest BCUT2D eigenvalue weighted by Crippen LogP contribution is -2.40. The van der Waals surface area contributed by atoms with Crippen molar-refractivity contribution in [2.24, 2.45) is 0 Å². The summed E-state index contributed by atoms with van der Waals surface area (Å²) in [7, 11) is -2.20. The third kappa shape index (κ3) is 3.54. The summed E-state index contributed by atoms with van der Waals surface area (Å²) in [6, 6.07) is 4.21. The van der Waals surface area contributed by atoms with Gasteiger partial charge in [0.15, 0.2) is 14.6 Å². The molecule has 0 aromatic heterocycles. The van der Waals surface area contributed by atoms with Gasteiger partial charge in [0, 0.05) is 5.56 Å². The predicted octanol–water partition coefficient (Wildman–Crippen LogP) is 3.89. The molecule has 0 bridgehead atoms. The molecule has 1 rings (SSSR count). The lowest BCUT2D eigenvalue weighted by molar-refractivity contribution is 0.112. The zero-order chi connectivity index (χ0) is 14.8. The molecule has 0 fully saturated rings. The Morgan fingerprint density at radius 1 is 1.32 bits per heavy atom. The zero-order valence-electron chi connectivity index (χ0n) is 13.0. The third-order valence-corrected chi connectivity index (χ3v) is 7.82. The Balaban J connectivity index is 3.17. The molecule has 0 amide bonds. The molecular weight excluding hydrogens is 252 g/mol. The van der Waals surface area contributed by atoms with Crippen LogP contribution in [0.5, 0.6) is 0 Å². The van der Waals surface area contributed by atoms with Gasteiger partial charge in [-0.1, -0.05) is 32.9 Å². The van der Waals surface area contributed by atoms with Crippen LogP contribution in [0.25, 0.3) is 0 Å². The number of aldehydes is 1. The van der Waals surface area contributed by atoms with Gasteiger partial charge in [-0.15, -0.1) is 0 Å². The summed E-state index contributed by atoms with van der Waals surface area (Å²) >= 11 is 0. The Morgan fingerprint density at radius 2 is 1.89 bits per heavy atom. The van der Waals surface area contributed by atoms with Crippen molar-refractivity contribution >= 4 is 14.6 Å². The van der Waals surface area contributed by atoms with Gasteiger partial charge in [-0.05, 0) is 54.6 Å². The van der Waals surface area contributed by atoms with Crippen molar-refractivity contribution in [1.82, 2.24) is 0 Å². The van der Waals surface area contributed by atoms with E-state index in [0.717, 1.165) is 35.8 Å². The Labute approximate surface area is 118 Å². The molecule has 0 saturated heterocycles. The van der Waals surface area contributed by atoms with Gasteiger partial charge in [0.2, 0.25) is 0 Å². The summed E-state index contributed by atoms with van der Waals surface area (Å²) in [5, 5.41) is -0.0762. The van der Waals surface area contributed by atoms with Crippen LogP contribution in [0.15, 0.2) is 12.1 Å². The van der Waals surface area contributed by atoms with E-state index in [1.807, 2.05) is 20.0 Å². The molecule has 0 heterocycles. The second-order valence-corrected chi connectivity index (χ2v) is 11.0. The highest BCUT2D eigenvalue weighted by molar-refractivity contribution is 6.72. The number of benzene rings is 1. The Kier molecular flexibility index (Phi) is 4.75. The summed E-state index contributed by atoms with van der Waals surface area (Å²) < 4.78 is 0. The van der Waals surface area contributed by atoms with Gasteiger partial charge in [-0.25, -0.2) is 0 Å². The first-order valence-electron chi connectivity index (χ1n) is 6.92. The van der Waals surface area contributed by atoms with E-state index >= 15 is 0 Å². The summed E-state index contributed by atoms with van der Waals surface area (Å²) in [5.74, 6) is 0. The maximum atomic E-state index is 11.1. The first kappa shape index (κ1) is 16.1. The van der Waals surface area contributed by atoms with Crippen LogP contribution in [-0.2, 0) is 12.8 Å². The highest BCUT2D eigenvalue weighted by Crippen LogP contribution is 2.39. The van der Waals surface area contributed by atoms with E-state index in [4.69, 9.17) is 0 Å². The minimum absolute atomic E-state index is 0.0762. The molecule has 0 radical (unpaired) electrons. The van der Waals surface area contributed by atoms with Gasteiger partial charge in [0.1, 0.15) is 0 Å². The topological polar surface area (TPSA) is 37.3 Å². The monoisotopic (exact) mass is 278 g/mol. The maximum Gasteiger partial charge on any atom is 0.188 e. The highest BCUT2D eigenvalue weighted by atomic mass is 28.4. The second kappa shape index (κ2) is 5.59. The van der Waals surface area contributed by atoms with Crippen LogP contribution in [0, 0.1) is 6.92 Å². The Hall–Kier alpha value is -0.933. The SMILES string of the molecule is CCc1cc(CC(C)(C)[Si](C)(C)O)cc(C)c1C=O. The molecule has 1 aromatic carbocycles. The fourth-order valence-electron chi connectivity index (χ4n) is 2.24. The first-order chi connectivity index (χ1) is 8.62. The van der Waals surface area contributed by atoms with Gasteiger partial charge in [0.05, 0.1) is 0 Å². The minimum atomic E-state index is -2.20. The molecule has 0 unspecified atom stereocenters. The van der Waals surface area contributed by atoms with Crippen LogP contribution in [0.4, 0.5) is 0 Å². The highest BCUT2D eigenvalue weighted by Gasteiger charge is 2.38. The molecule has 0 atom stereocenters. The number of aryl methyl sites for hydroxylation is 2. The van der Waals surface area contributed by atoms with E-state index < -0.39 is 8.32 Å². The van der Waals surface area contributed by atoms with Crippen LogP contribution in [-0.4, -0.2) is 19.4 Å². The van der Waals surface area contributed by atoms with Gasteiger partial charge in [-0.3, -0.25) is 4.79 Å². The molecule has 2 nitrogen and oxygen atoms in total. The van der Waals surface area contributed by atoms with Crippen molar-refractivity contribution in [3.8, 4) is 0 Å². The van der Waals surface area contributed by atoms with Crippen LogP contribution in [0.3, 0.4) is 0 Å². The lowest BCUT2D eigenvalue weighted by atomic mass is 9.93. The van der Waals surface area contributed by atoms with E-state index in [1.165, 1.54) is 5.56 Å². The third-order valence-electron chi connectivity index (χ3n) is 4.33. The number of carbonyl (C=O) groups is 1. The van der Waals surface area contributed by atoms with E-state index in [1.54, 1.807) is 0 Å². The van der Waals surface area contributed by atoms with Crippen LogP contribution < -0.4 is 0 Å². The Morgan fingerprint density at radius 3 is 2.32 bits per heavy atom. The smallest absolute Gasteiger partial charge is 0.188 e. The zero-order valence-corrected chi connectivity index (χ0v) is 14.0. The van der Waals surface area contributed by atoms with E-state index in [2.05, 4.69) is 32.9 Å². The standard InChI is InChI=1S/C16H26O2Si/c1-7-14-9-13(8-12(2)15(14)11-17)10-16(3,4)19(5,6)18/h8-9,11,18H,7,10H2,1-6H3. The summed E-state index contributed by atoms with van der Waals surface area (Å²) in [5.41, 5.74) is 4.19. The number of hydrogen-bond donors (Lipinski definition) is 1. The molecule has 0 aliphatic carbocycles. The van der Waals surface area contributed by atoms with Crippen molar-refractivity contribution < 1.29 is 9.59 Å². The van der Waals surface area contributed by atoms with E-state index in [-0.39, 0.29) is 5.04 Å². The molecule has 1 aromatic rings. The molecular formula is C16H26O2Si. The average molecular weight is 278 g/mol. The normalized spacial score (nSPS) is 12.6. The average Bonchev–Trinajstić information content (AvgIpc) is 2.26. The minimum Gasteiger partial charge on any atom is -0.432 e. The predicted molar refractivity (Wildman–Crippen MR) is 83.4 cm³/mol. The Bertz CT molecular complexity index is 470. The van der Waals surface area contributed by atoms with Crippen molar-refractivity contribution in [1.29, 1.82) is 0 Å². The first-order valence-corrected chi connectivity index (χ1v) is 9.87. The molecule has 3 heteroatoms. The molecule has 0 saturated carbocycles. The largest absolute Gasteiger partial charge is 0.432 e. The number of rotatable bonds is 5. The van der Waals surface area contributed by atoms with Gasteiger partial charge >= 0.3 is 0 Å². The number of hydrogen-bond acceptors (Lipinski definition) is 2. The molecule has 19 heavy (non-hydrogen) atoms. The lowest BCUT2D eigenvalue weighted by Gasteiger charge is -2.35. The molecule has 106 valence electrons. The summed E-state index contributed by atoms with van der Waals surface area (Å²) in [6.07, 6.45) is 2.67. The van der Waals surface area contributed by atoms with E-state index in [0.29, 0.717) is 0 Å². The molecule has 0 spiro atoms. The number of carbonyl (C=O) groups excluding carboxylic acids is 1. The summed E-state index contributed by atoms with van der Waals surface area (Å²) in [6.45, 7) is 12.3. The second-order valence-electron chi connectivity index (χ2n) is 6.58. The van der Waals surface area contributed by atoms with Crippen LogP contribution in [0.1, 0.15) is 47.8 Å². The molecule has 0 aliphatic rings. The van der Waals surface area contributed by atoms with Gasteiger partial charge in [-0.2, -0.15) is 0 Å². The van der Waals surface area contributed by atoms with Crippen LogP contribution in [0.2, 0.25) is 18.1 Å². The van der Waals surface area contributed by atoms with Crippen molar-refractivity contribution in [2.75, 3.05) is 0 Å². The summed E-state index contributed by atoms with van der Waals surface area (Å²) in [4.78, 5) is 21.5. The molecule has 1 N–H and O–H groups in total. The van der Waals surface area contributed by atoms with Crippen molar-refractivity contribution in [3.63, 3.8) is 0 Å².